The molecule has 0 aliphatic carbocycles. The zero-order chi connectivity index (χ0) is 13.2. The lowest BCUT2D eigenvalue weighted by molar-refractivity contribution is -0.152. The van der Waals surface area contributed by atoms with Crippen molar-refractivity contribution in [3.8, 4) is 0 Å². The SMILES string of the molecule is CCCC(C)N1C(=O)CNC(=O)C1C(C)(C)C. The van der Waals surface area contributed by atoms with Crippen LogP contribution in [0.4, 0.5) is 0 Å². The van der Waals surface area contributed by atoms with E-state index in [1.165, 1.54) is 0 Å². The minimum Gasteiger partial charge on any atom is -0.345 e. The van der Waals surface area contributed by atoms with Gasteiger partial charge in [-0.25, -0.2) is 0 Å². The molecule has 2 unspecified atom stereocenters. The number of hydrogen-bond donors (Lipinski definition) is 1. The maximum absolute atomic E-state index is 12.0. The summed E-state index contributed by atoms with van der Waals surface area (Å²) in [6, 6.07) is -0.229. The summed E-state index contributed by atoms with van der Waals surface area (Å²) in [4.78, 5) is 25.8. The summed E-state index contributed by atoms with van der Waals surface area (Å²) in [7, 11) is 0. The van der Waals surface area contributed by atoms with Crippen molar-refractivity contribution in [2.45, 2.75) is 59.5 Å². The lowest BCUT2D eigenvalue weighted by atomic mass is 9.83. The summed E-state index contributed by atoms with van der Waals surface area (Å²) < 4.78 is 0. The van der Waals surface area contributed by atoms with Gasteiger partial charge in [0.05, 0.1) is 6.54 Å². The van der Waals surface area contributed by atoms with Crippen LogP contribution in [0, 0.1) is 5.41 Å². The van der Waals surface area contributed by atoms with Gasteiger partial charge in [0.2, 0.25) is 11.8 Å². The Morgan fingerprint density at radius 2 is 2.00 bits per heavy atom. The summed E-state index contributed by atoms with van der Waals surface area (Å²) in [6.45, 7) is 10.3. The van der Waals surface area contributed by atoms with Crippen molar-refractivity contribution in [1.29, 1.82) is 0 Å². The van der Waals surface area contributed by atoms with Crippen LogP contribution in [0.2, 0.25) is 0 Å². The molecule has 1 N–H and O–H groups in total. The molecule has 0 bridgehead atoms. The van der Waals surface area contributed by atoms with Crippen LogP contribution in [-0.2, 0) is 9.59 Å². The van der Waals surface area contributed by atoms with Gasteiger partial charge in [0.15, 0.2) is 0 Å². The second-order valence-corrected chi connectivity index (χ2v) is 5.93. The van der Waals surface area contributed by atoms with Gasteiger partial charge in [-0.15, -0.1) is 0 Å². The molecular weight excluding hydrogens is 216 g/mol. The number of carbonyl (C=O) groups is 2. The molecule has 0 aromatic rings. The van der Waals surface area contributed by atoms with E-state index in [0.29, 0.717) is 0 Å². The topological polar surface area (TPSA) is 49.4 Å². The third-order valence-corrected chi connectivity index (χ3v) is 3.23. The molecule has 0 radical (unpaired) electrons. The van der Waals surface area contributed by atoms with Gasteiger partial charge in [0.1, 0.15) is 6.04 Å². The van der Waals surface area contributed by atoms with Crippen LogP contribution in [-0.4, -0.2) is 35.3 Å². The second kappa shape index (κ2) is 5.07. The average molecular weight is 240 g/mol. The van der Waals surface area contributed by atoms with Crippen molar-refractivity contribution in [1.82, 2.24) is 10.2 Å². The Bertz CT molecular complexity index is 307. The van der Waals surface area contributed by atoms with E-state index in [9.17, 15) is 9.59 Å². The van der Waals surface area contributed by atoms with Gasteiger partial charge in [-0.3, -0.25) is 9.59 Å². The molecule has 1 rings (SSSR count). The minimum atomic E-state index is -0.356. The van der Waals surface area contributed by atoms with Gasteiger partial charge in [-0.1, -0.05) is 34.1 Å². The molecule has 2 amide bonds. The number of amides is 2. The molecule has 0 aromatic carbocycles. The number of carbonyl (C=O) groups excluding carboxylic acids is 2. The maximum atomic E-state index is 12.0. The first-order valence-electron chi connectivity index (χ1n) is 6.38. The van der Waals surface area contributed by atoms with E-state index >= 15 is 0 Å². The first-order chi connectivity index (χ1) is 7.79. The van der Waals surface area contributed by atoms with Crippen LogP contribution in [0.15, 0.2) is 0 Å². The zero-order valence-corrected chi connectivity index (χ0v) is 11.5. The monoisotopic (exact) mass is 240 g/mol. The van der Waals surface area contributed by atoms with E-state index in [4.69, 9.17) is 0 Å². The lowest BCUT2D eigenvalue weighted by Crippen LogP contribution is -2.64. The van der Waals surface area contributed by atoms with E-state index in [1.54, 1.807) is 4.90 Å². The second-order valence-electron chi connectivity index (χ2n) is 5.93. The summed E-state index contributed by atoms with van der Waals surface area (Å²) in [5.74, 6) is 0.00512. The van der Waals surface area contributed by atoms with Crippen LogP contribution in [0.3, 0.4) is 0 Å². The molecule has 1 aliphatic rings. The molecule has 98 valence electrons. The molecule has 1 saturated heterocycles. The Morgan fingerprint density at radius 1 is 1.41 bits per heavy atom. The third kappa shape index (κ3) is 2.99. The highest BCUT2D eigenvalue weighted by Crippen LogP contribution is 2.29. The van der Waals surface area contributed by atoms with Crippen LogP contribution in [0.5, 0.6) is 0 Å². The molecule has 4 heteroatoms. The van der Waals surface area contributed by atoms with Crippen LogP contribution in [0.1, 0.15) is 47.5 Å². The van der Waals surface area contributed by atoms with Crippen molar-refractivity contribution < 1.29 is 9.59 Å². The number of piperazine rings is 1. The number of nitrogens with one attached hydrogen (secondary N) is 1. The van der Waals surface area contributed by atoms with Gasteiger partial charge in [0, 0.05) is 6.04 Å². The average Bonchev–Trinajstić information content (AvgIpc) is 2.19. The molecular formula is C13H24N2O2. The van der Waals surface area contributed by atoms with Gasteiger partial charge in [0.25, 0.3) is 0 Å². The van der Waals surface area contributed by atoms with Crippen LogP contribution >= 0.6 is 0 Å². The van der Waals surface area contributed by atoms with Crippen molar-refractivity contribution >= 4 is 11.8 Å². The van der Waals surface area contributed by atoms with Crippen LogP contribution in [0.25, 0.3) is 0 Å². The predicted molar refractivity (Wildman–Crippen MR) is 67.5 cm³/mol. The van der Waals surface area contributed by atoms with E-state index in [2.05, 4.69) is 12.2 Å². The zero-order valence-electron chi connectivity index (χ0n) is 11.5. The van der Waals surface area contributed by atoms with Crippen molar-refractivity contribution in [2.24, 2.45) is 5.41 Å². The van der Waals surface area contributed by atoms with Gasteiger partial charge in [-0.05, 0) is 18.8 Å². The molecule has 1 heterocycles. The Hall–Kier alpha value is -1.06. The Balaban J connectivity index is 3.00. The molecule has 0 saturated carbocycles. The molecule has 1 aliphatic heterocycles. The summed E-state index contributed by atoms with van der Waals surface area (Å²) in [5, 5.41) is 2.69. The normalized spacial score (nSPS) is 23.6. The summed E-state index contributed by atoms with van der Waals surface area (Å²) in [5.41, 5.74) is -0.234. The fraction of sp³-hybridized carbons (Fsp3) is 0.846. The minimum absolute atomic E-state index is 0.0277. The van der Waals surface area contributed by atoms with E-state index in [0.717, 1.165) is 12.8 Å². The first-order valence-corrected chi connectivity index (χ1v) is 6.38. The molecule has 2 atom stereocenters. The summed E-state index contributed by atoms with van der Waals surface area (Å²) >= 11 is 0. The van der Waals surface area contributed by atoms with E-state index < -0.39 is 0 Å². The highest BCUT2D eigenvalue weighted by molar-refractivity contribution is 5.95. The number of rotatable bonds is 3. The molecule has 0 spiro atoms. The van der Waals surface area contributed by atoms with Crippen molar-refractivity contribution in [3.63, 3.8) is 0 Å². The molecule has 0 aromatic heterocycles. The maximum Gasteiger partial charge on any atom is 0.243 e. The Labute approximate surface area is 104 Å². The van der Waals surface area contributed by atoms with E-state index in [1.807, 2.05) is 27.7 Å². The van der Waals surface area contributed by atoms with Crippen LogP contribution < -0.4 is 5.32 Å². The number of hydrogen-bond acceptors (Lipinski definition) is 2. The highest BCUT2D eigenvalue weighted by Gasteiger charge is 2.43. The number of nitrogens with zero attached hydrogens (tertiary/aromatic N) is 1. The van der Waals surface area contributed by atoms with Gasteiger partial charge < -0.3 is 10.2 Å². The summed E-state index contributed by atoms with van der Waals surface area (Å²) in [6.07, 6.45) is 1.95. The third-order valence-electron chi connectivity index (χ3n) is 3.23. The fourth-order valence-electron chi connectivity index (χ4n) is 2.49. The molecule has 1 fully saturated rings. The quantitative estimate of drug-likeness (QED) is 0.813. The van der Waals surface area contributed by atoms with Crippen molar-refractivity contribution in [2.75, 3.05) is 6.54 Å². The van der Waals surface area contributed by atoms with Crippen molar-refractivity contribution in [3.05, 3.63) is 0 Å². The largest absolute Gasteiger partial charge is 0.345 e. The van der Waals surface area contributed by atoms with Gasteiger partial charge >= 0.3 is 0 Å². The standard InChI is InChI=1S/C13H24N2O2/c1-6-7-9(2)15-10(16)8-14-12(17)11(15)13(3,4)5/h9,11H,6-8H2,1-5H3,(H,14,17). The Morgan fingerprint density at radius 3 is 2.47 bits per heavy atom. The first kappa shape index (κ1) is 14.0. The highest BCUT2D eigenvalue weighted by atomic mass is 16.2. The molecule has 4 nitrogen and oxygen atoms in total. The van der Waals surface area contributed by atoms with Gasteiger partial charge in [-0.2, -0.15) is 0 Å². The van der Waals surface area contributed by atoms with E-state index in [-0.39, 0.29) is 35.9 Å². The predicted octanol–water partition coefficient (Wildman–Crippen LogP) is 1.55. The molecule has 17 heavy (non-hydrogen) atoms. The smallest absolute Gasteiger partial charge is 0.243 e. The fourth-order valence-corrected chi connectivity index (χ4v) is 2.49. The lowest BCUT2D eigenvalue weighted by Gasteiger charge is -2.45. The Kier molecular flexibility index (Phi) is 4.17.